The van der Waals surface area contributed by atoms with Crippen LogP contribution in [0.5, 0.6) is 0 Å². The van der Waals surface area contributed by atoms with Gasteiger partial charge in [-0.1, -0.05) is 0 Å². The van der Waals surface area contributed by atoms with Crippen molar-refractivity contribution in [1.82, 2.24) is 9.96 Å². The molecule has 3 saturated heterocycles. The lowest BCUT2D eigenvalue weighted by Gasteiger charge is -2.33. The normalized spacial score (nSPS) is 35.3. The smallest absolute Gasteiger partial charge is 0.260 e. The zero-order chi connectivity index (χ0) is 16.0. The summed E-state index contributed by atoms with van der Waals surface area (Å²) in [4.78, 5) is 31.5. The summed E-state index contributed by atoms with van der Waals surface area (Å²) in [6, 6.07) is 0. The molecule has 1 aliphatic carbocycles. The largest absolute Gasteiger partial charge is 0.381 e. The highest BCUT2D eigenvalue weighted by atomic mass is 19.1. The van der Waals surface area contributed by atoms with E-state index in [1.807, 2.05) is 0 Å². The van der Waals surface area contributed by atoms with Crippen molar-refractivity contribution in [3.8, 4) is 0 Å². The number of carbonyl (C=O) groups excluding carboxylic acids is 2. The summed E-state index contributed by atoms with van der Waals surface area (Å²) in [5.74, 6) is 0.150. The molecule has 0 aromatic heterocycles. The van der Waals surface area contributed by atoms with Crippen LogP contribution in [0, 0.1) is 17.8 Å². The third-order valence-corrected chi connectivity index (χ3v) is 5.59. The van der Waals surface area contributed by atoms with E-state index < -0.39 is 5.67 Å². The Labute approximate surface area is 134 Å². The number of halogens is 1. The minimum absolute atomic E-state index is 0.00863. The van der Waals surface area contributed by atoms with Crippen LogP contribution in [-0.4, -0.2) is 66.9 Å². The first-order chi connectivity index (χ1) is 11.1. The number of hydrogen-bond acceptors (Lipinski definition) is 4. The molecule has 0 aromatic rings. The molecule has 3 heterocycles. The molecule has 0 unspecified atom stereocenters. The van der Waals surface area contributed by atoms with Gasteiger partial charge in [-0.15, -0.1) is 0 Å². The van der Waals surface area contributed by atoms with Gasteiger partial charge in [0, 0.05) is 25.4 Å². The first-order valence-corrected chi connectivity index (χ1v) is 8.56. The predicted molar refractivity (Wildman–Crippen MR) is 77.8 cm³/mol. The standard InChI is InChI=1S/C16H23FN2O4/c17-16(2-3-16)15(21)18-7-12-10-22-9-11(13(12)8-18)6-14(20)19-4-1-5-23-19/h11-13H,1-10H2/t11-,12-,13+/m1/s1. The molecule has 2 amide bonds. The second-order valence-corrected chi connectivity index (χ2v) is 7.28. The number of hydroxylamine groups is 2. The SMILES string of the molecule is O=C(C[C@@H]1COC[C@H]2CN(C(=O)C3(F)CC3)C[C@@H]12)N1CCCO1. The first-order valence-electron chi connectivity index (χ1n) is 8.56. The van der Waals surface area contributed by atoms with Crippen molar-refractivity contribution in [1.29, 1.82) is 0 Å². The number of alkyl halides is 1. The fraction of sp³-hybridized carbons (Fsp3) is 0.875. The van der Waals surface area contributed by atoms with E-state index in [2.05, 4.69) is 0 Å². The van der Waals surface area contributed by atoms with Gasteiger partial charge in [0.2, 0.25) is 5.91 Å². The molecule has 4 aliphatic rings. The van der Waals surface area contributed by atoms with E-state index in [9.17, 15) is 14.0 Å². The minimum atomic E-state index is -1.61. The van der Waals surface area contributed by atoms with E-state index in [-0.39, 0.29) is 29.6 Å². The molecule has 6 nitrogen and oxygen atoms in total. The van der Waals surface area contributed by atoms with Crippen LogP contribution < -0.4 is 0 Å². The van der Waals surface area contributed by atoms with Gasteiger partial charge in [-0.05, 0) is 31.1 Å². The summed E-state index contributed by atoms with van der Waals surface area (Å²) < 4.78 is 19.7. The van der Waals surface area contributed by atoms with Gasteiger partial charge >= 0.3 is 0 Å². The van der Waals surface area contributed by atoms with Crippen molar-refractivity contribution < 1.29 is 23.6 Å². The first kappa shape index (κ1) is 15.3. The number of nitrogens with zero attached hydrogens (tertiary/aromatic N) is 2. The van der Waals surface area contributed by atoms with Gasteiger partial charge in [0.25, 0.3) is 5.91 Å². The number of ether oxygens (including phenoxy) is 1. The zero-order valence-electron chi connectivity index (χ0n) is 13.2. The molecular formula is C16H23FN2O4. The molecular weight excluding hydrogens is 303 g/mol. The van der Waals surface area contributed by atoms with E-state index in [1.165, 1.54) is 5.06 Å². The van der Waals surface area contributed by atoms with E-state index >= 15 is 0 Å². The average molecular weight is 326 g/mol. The Bertz CT molecular complexity index is 504. The van der Waals surface area contributed by atoms with Crippen molar-refractivity contribution in [2.75, 3.05) is 39.5 Å². The average Bonchev–Trinajstić information content (AvgIpc) is 3.00. The van der Waals surface area contributed by atoms with Crippen molar-refractivity contribution in [2.24, 2.45) is 17.8 Å². The predicted octanol–water partition coefficient (Wildman–Crippen LogP) is 0.763. The molecule has 0 radical (unpaired) electrons. The van der Waals surface area contributed by atoms with Gasteiger partial charge in [-0.3, -0.25) is 14.4 Å². The van der Waals surface area contributed by atoms with Crippen LogP contribution in [-0.2, 0) is 19.2 Å². The van der Waals surface area contributed by atoms with Crippen LogP contribution in [0.1, 0.15) is 25.7 Å². The molecule has 4 rings (SSSR count). The quantitative estimate of drug-likeness (QED) is 0.768. The highest BCUT2D eigenvalue weighted by Crippen LogP contribution is 2.44. The Morgan fingerprint density at radius 1 is 1.22 bits per heavy atom. The maximum atomic E-state index is 14.0. The van der Waals surface area contributed by atoms with Gasteiger partial charge in [0.15, 0.2) is 5.67 Å². The third kappa shape index (κ3) is 2.85. The van der Waals surface area contributed by atoms with E-state index in [0.29, 0.717) is 58.7 Å². The van der Waals surface area contributed by atoms with Gasteiger partial charge in [0.05, 0.1) is 26.4 Å². The Hall–Kier alpha value is -1.21. The van der Waals surface area contributed by atoms with Crippen molar-refractivity contribution >= 4 is 11.8 Å². The topological polar surface area (TPSA) is 59.1 Å². The second-order valence-electron chi connectivity index (χ2n) is 7.28. The Balaban J connectivity index is 1.39. The molecule has 0 spiro atoms. The van der Waals surface area contributed by atoms with Crippen LogP contribution in [0.25, 0.3) is 0 Å². The molecule has 1 saturated carbocycles. The summed E-state index contributed by atoms with van der Waals surface area (Å²) in [5.41, 5.74) is -1.61. The van der Waals surface area contributed by atoms with Crippen molar-refractivity contribution in [3.05, 3.63) is 0 Å². The van der Waals surface area contributed by atoms with Gasteiger partial charge in [0.1, 0.15) is 0 Å². The fourth-order valence-electron chi connectivity index (χ4n) is 4.05. The number of carbonyl (C=O) groups is 2. The molecule has 23 heavy (non-hydrogen) atoms. The molecule has 3 atom stereocenters. The minimum Gasteiger partial charge on any atom is -0.381 e. The molecule has 0 N–H and O–H groups in total. The molecule has 3 aliphatic heterocycles. The molecule has 7 heteroatoms. The lowest BCUT2D eigenvalue weighted by Crippen LogP contribution is -2.39. The molecule has 128 valence electrons. The summed E-state index contributed by atoms with van der Waals surface area (Å²) >= 11 is 0. The summed E-state index contributed by atoms with van der Waals surface area (Å²) in [7, 11) is 0. The van der Waals surface area contributed by atoms with Crippen molar-refractivity contribution in [3.63, 3.8) is 0 Å². The van der Waals surface area contributed by atoms with E-state index in [4.69, 9.17) is 9.57 Å². The zero-order valence-corrected chi connectivity index (χ0v) is 13.2. The summed E-state index contributed by atoms with van der Waals surface area (Å²) in [6.07, 6.45) is 1.95. The maximum Gasteiger partial charge on any atom is 0.260 e. The fourth-order valence-corrected chi connectivity index (χ4v) is 4.05. The maximum absolute atomic E-state index is 14.0. The van der Waals surface area contributed by atoms with Crippen LogP contribution in [0.4, 0.5) is 4.39 Å². The number of likely N-dealkylation sites (tertiary alicyclic amines) is 1. The molecule has 4 fully saturated rings. The highest BCUT2D eigenvalue weighted by molar-refractivity contribution is 5.88. The van der Waals surface area contributed by atoms with E-state index in [1.54, 1.807) is 4.90 Å². The summed E-state index contributed by atoms with van der Waals surface area (Å²) in [6.45, 7) is 3.48. The number of amides is 2. The Morgan fingerprint density at radius 2 is 2.04 bits per heavy atom. The van der Waals surface area contributed by atoms with Crippen LogP contribution >= 0.6 is 0 Å². The van der Waals surface area contributed by atoms with Gasteiger partial charge < -0.3 is 9.64 Å². The number of hydrogen-bond donors (Lipinski definition) is 0. The van der Waals surface area contributed by atoms with E-state index in [0.717, 1.165) is 6.42 Å². The van der Waals surface area contributed by atoms with Crippen molar-refractivity contribution in [2.45, 2.75) is 31.4 Å². The highest BCUT2D eigenvalue weighted by Gasteiger charge is 2.55. The van der Waals surface area contributed by atoms with Crippen LogP contribution in [0.2, 0.25) is 0 Å². The third-order valence-electron chi connectivity index (χ3n) is 5.59. The monoisotopic (exact) mass is 326 g/mol. The lowest BCUT2D eigenvalue weighted by atomic mass is 9.81. The lowest BCUT2D eigenvalue weighted by molar-refractivity contribution is -0.171. The van der Waals surface area contributed by atoms with Crippen LogP contribution in [0.15, 0.2) is 0 Å². The van der Waals surface area contributed by atoms with Gasteiger partial charge in [-0.25, -0.2) is 9.45 Å². The Kier molecular flexibility index (Phi) is 3.80. The van der Waals surface area contributed by atoms with Gasteiger partial charge in [-0.2, -0.15) is 0 Å². The number of fused-ring (bicyclic) bond motifs is 1. The Morgan fingerprint density at radius 3 is 2.74 bits per heavy atom. The molecule has 0 bridgehead atoms. The molecule has 0 aromatic carbocycles. The second kappa shape index (κ2) is 5.70. The summed E-state index contributed by atoms with van der Waals surface area (Å²) in [5, 5.41) is 1.45. The van der Waals surface area contributed by atoms with Crippen LogP contribution in [0.3, 0.4) is 0 Å². The number of rotatable bonds is 3.